The minimum absolute atomic E-state index is 0.406. The van der Waals surface area contributed by atoms with Gasteiger partial charge in [0, 0.05) is 39.3 Å². The van der Waals surface area contributed by atoms with Crippen molar-refractivity contribution in [3.05, 3.63) is 0 Å². The van der Waals surface area contributed by atoms with Crippen molar-refractivity contribution in [2.75, 3.05) is 34.5 Å². The van der Waals surface area contributed by atoms with Crippen LogP contribution in [0.5, 0.6) is 0 Å². The van der Waals surface area contributed by atoms with Crippen LogP contribution in [0.25, 0.3) is 0 Å². The molecule has 0 amide bonds. The molecule has 0 aliphatic heterocycles. The molecule has 18 heavy (non-hydrogen) atoms. The zero-order chi connectivity index (χ0) is 14.4. The number of hydrogen-bond acceptors (Lipinski definition) is 7. The van der Waals surface area contributed by atoms with E-state index >= 15 is 0 Å². The van der Waals surface area contributed by atoms with Crippen LogP contribution >= 0.6 is 86.7 Å². The van der Waals surface area contributed by atoms with Gasteiger partial charge in [0.1, 0.15) is 0 Å². The second kappa shape index (κ2) is 17.5. The average molecular weight is 383 g/mol. The van der Waals surface area contributed by atoms with Gasteiger partial charge in [-0.25, -0.2) is 0 Å². The van der Waals surface area contributed by atoms with E-state index in [1.807, 2.05) is 23.5 Å². The SMILES string of the molecule is CC(C)SCCS.SCC(S)CSCC(S)CS. The Morgan fingerprint density at radius 2 is 1.33 bits per heavy atom. The zero-order valence-corrected chi connectivity index (χ0v) is 17.1. The smallest absolute Gasteiger partial charge is 0.0196 e. The van der Waals surface area contributed by atoms with Crippen molar-refractivity contribution >= 4 is 86.7 Å². The standard InChI is InChI=1S/C6H14S5.C5H12S2/c7-1-5(9)3-11-4-6(10)2-8;1-5(2)7-4-3-6/h5-10H,1-4H2;5-6H,3-4H2,1-2H3. The summed E-state index contributed by atoms with van der Waals surface area (Å²) in [7, 11) is 0. The van der Waals surface area contributed by atoms with Crippen LogP contribution in [-0.4, -0.2) is 50.3 Å². The van der Waals surface area contributed by atoms with E-state index in [1.165, 1.54) is 5.75 Å². The summed E-state index contributed by atoms with van der Waals surface area (Å²) in [5.41, 5.74) is 0. The molecule has 0 aromatic rings. The molecule has 0 fully saturated rings. The van der Waals surface area contributed by atoms with E-state index in [9.17, 15) is 0 Å². The third-order valence-corrected chi connectivity index (χ3v) is 7.18. The van der Waals surface area contributed by atoms with Gasteiger partial charge < -0.3 is 0 Å². The van der Waals surface area contributed by atoms with E-state index in [4.69, 9.17) is 0 Å². The maximum absolute atomic E-state index is 4.32. The fraction of sp³-hybridized carbons (Fsp3) is 1.00. The summed E-state index contributed by atoms with van der Waals surface area (Å²) in [6.45, 7) is 4.40. The predicted octanol–water partition coefficient (Wildman–Crippen LogP) is 4.23. The molecule has 0 N–H and O–H groups in total. The van der Waals surface area contributed by atoms with Gasteiger partial charge in [0.25, 0.3) is 0 Å². The van der Waals surface area contributed by atoms with Gasteiger partial charge in [0.2, 0.25) is 0 Å². The fourth-order valence-electron chi connectivity index (χ4n) is 0.734. The summed E-state index contributed by atoms with van der Waals surface area (Å²) >= 11 is 24.8. The Morgan fingerprint density at radius 1 is 0.889 bits per heavy atom. The third-order valence-electron chi connectivity index (χ3n) is 1.58. The Balaban J connectivity index is 0. The molecule has 0 aliphatic carbocycles. The molecule has 0 heterocycles. The van der Waals surface area contributed by atoms with Gasteiger partial charge in [-0.3, -0.25) is 0 Å². The summed E-state index contributed by atoms with van der Waals surface area (Å²) in [4.78, 5) is 0. The largest absolute Gasteiger partial charge is 0.179 e. The van der Waals surface area contributed by atoms with Crippen LogP contribution in [0, 0.1) is 0 Å². The highest BCUT2D eigenvalue weighted by Crippen LogP contribution is 2.13. The lowest BCUT2D eigenvalue weighted by molar-refractivity contribution is 1.11. The minimum Gasteiger partial charge on any atom is -0.179 e. The molecule has 0 nitrogen and oxygen atoms in total. The lowest BCUT2D eigenvalue weighted by atomic mass is 10.5. The molecule has 0 bridgehead atoms. The van der Waals surface area contributed by atoms with Crippen molar-refractivity contribution in [2.24, 2.45) is 0 Å². The van der Waals surface area contributed by atoms with Crippen LogP contribution in [0.1, 0.15) is 13.8 Å². The summed E-state index contributed by atoms with van der Waals surface area (Å²) in [5, 5.41) is 1.58. The first-order valence-electron chi connectivity index (χ1n) is 5.85. The average Bonchev–Trinajstić information content (AvgIpc) is 2.36. The lowest BCUT2D eigenvalue weighted by Crippen LogP contribution is -2.09. The molecular weight excluding hydrogens is 357 g/mol. The maximum atomic E-state index is 4.32. The van der Waals surface area contributed by atoms with Crippen molar-refractivity contribution in [1.82, 2.24) is 0 Å². The number of thioether (sulfide) groups is 2. The molecular formula is C11H26S7. The van der Waals surface area contributed by atoms with Gasteiger partial charge in [-0.05, 0) is 11.0 Å². The third kappa shape index (κ3) is 20.8. The van der Waals surface area contributed by atoms with Crippen molar-refractivity contribution in [3.8, 4) is 0 Å². The highest BCUT2D eigenvalue weighted by Gasteiger charge is 2.03. The molecule has 2 unspecified atom stereocenters. The highest BCUT2D eigenvalue weighted by atomic mass is 32.2. The number of hydrogen-bond donors (Lipinski definition) is 5. The summed E-state index contributed by atoms with van der Waals surface area (Å²) in [6, 6.07) is 0. The van der Waals surface area contributed by atoms with Crippen molar-refractivity contribution < 1.29 is 0 Å². The topological polar surface area (TPSA) is 0 Å². The lowest BCUT2D eigenvalue weighted by Gasteiger charge is -2.09. The molecule has 0 rings (SSSR count). The van der Waals surface area contributed by atoms with Gasteiger partial charge in [-0.1, -0.05) is 13.8 Å². The van der Waals surface area contributed by atoms with Crippen LogP contribution in [0.4, 0.5) is 0 Å². The molecule has 0 spiro atoms. The first-order chi connectivity index (χ1) is 8.47. The van der Waals surface area contributed by atoms with Crippen LogP contribution in [-0.2, 0) is 0 Å². The Bertz CT molecular complexity index is 144. The minimum atomic E-state index is 0.406. The second-order valence-corrected chi connectivity index (χ2v) is 9.25. The van der Waals surface area contributed by atoms with E-state index < -0.39 is 0 Å². The van der Waals surface area contributed by atoms with Gasteiger partial charge in [-0.15, -0.1) is 0 Å². The van der Waals surface area contributed by atoms with E-state index in [0.29, 0.717) is 10.5 Å². The predicted molar refractivity (Wildman–Crippen MR) is 112 cm³/mol. The number of rotatable bonds is 9. The Hall–Kier alpha value is 2.45. The fourth-order valence-corrected chi connectivity index (χ4v) is 3.78. The highest BCUT2D eigenvalue weighted by molar-refractivity contribution is 8.01. The van der Waals surface area contributed by atoms with Gasteiger partial charge in [0.15, 0.2) is 0 Å². The normalized spacial score (nSPS) is 14.0. The van der Waals surface area contributed by atoms with E-state index in [-0.39, 0.29) is 0 Å². The molecule has 0 saturated carbocycles. The van der Waals surface area contributed by atoms with E-state index in [2.05, 4.69) is 77.0 Å². The molecule has 2 atom stereocenters. The monoisotopic (exact) mass is 382 g/mol. The summed E-state index contributed by atoms with van der Waals surface area (Å²) < 4.78 is 0. The van der Waals surface area contributed by atoms with Crippen LogP contribution in [0.15, 0.2) is 0 Å². The van der Waals surface area contributed by atoms with Gasteiger partial charge in [0.05, 0.1) is 0 Å². The molecule has 7 heteroatoms. The van der Waals surface area contributed by atoms with Gasteiger partial charge >= 0.3 is 0 Å². The summed E-state index contributed by atoms with van der Waals surface area (Å²) in [6.07, 6.45) is 0. The van der Waals surface area contributed by atoms with Crippen LogP contribution in [0.2, 0.25) is 0 Å². The van der Waals surface area contributed by atoms with Crippen molar-refractivity contribution in [2.45, 2.75) is 29.6 Å². The number of thiol groups is 5. The molecule has 0 aromatic heterocycles. The Labute approximate surface area is 149 Å². The van der Waals surface area contributed by atoms with E-state index in [0.717, 1.165) is 34.0 Å². The molecule has 0 saturated heterocycles. The quantitative estimate of drug-likeness (QED) is 0.379. The first-order valence-corrected chi connectivity index (χ1v) is 11.0. The van der Waals surface area contributed by atoms with Gasteiger partial charge in [-0.2, -0.15) is 86.7 Å². The zero-order valence-electron chi connectivity index (χ0n) is 11.0. The molecule has 0 aliphatic rings. The van der Waals surface area contributed by atoms with Crippen LogP contribution in [0.3, 0.4) is 0 Å². The van der Waals surface area contributed by atoms with Crippen molar-refractivity contribution in [3.63, 3.8) is 0 Å². The second-order valence-electron chi connectivity index (χ2n) is 3.85. The van der Waals surface area contributed by atoms with Crippen LogP contribution < -0.4 is 0 Å². The Morgan fingerprint density at radius 3 is 1.56 bits per heavy atom. The van der Waals surface area contributed by atoms with Crippen molar-refractivity contribution in [1.29, 1.82) is 0 Å². The van der Waals surface area contributed by atoms with E-state index in [1.54, 1.807) is 0 Å². The maximum Gasteiger partial charge on any atom is 0.0196 e. The molecule has 0 aromatic carbocycles. The summed E-state index contributed by atoms with van der Waals surface area (Å²) in [5.74, 6) is 5.97. The Kier molecular flexibility index (Phi) is 22.1. The molecule has 112 valence electrons. The molecule has 0 radical (unpaired) electrons. The first kappa shape index (κ1) is 22.7.